The van der Waals surface area contributed by atoms with Gasteiger partial charge in [0.25, 0.3) is 0 Å². The summed E-state index contributed by atoms with van der Waals surface area (Å²) in [6.45, 7) is 4.97. The van der Waals surface area contributed by atoms with Gasteiger partial charge in [-0.1, -0.05) is 58.4 Å². The number of aliphatic imine (C=N–C) groups is 2. The summed E-state index contributed by atoms with van der Waals surface area (Å²) in [5.74, 6) is 1.61. The highest BCUT2D eigenvalue weighted by atomic mass is 79.9. The van der Waals surface area contributed by atoms with Crippen molar-refractivity contribution < 1.29 is 19.5 Å². The van der Waals surface area contributed by atoms with Crippen LogP contribution in [0.5, 0.6) is 11.5 Å². The summed E-state index contributed by atoms with van der Waals surface area (Å²) in [5, 5.41) is 19.0. The fourth-order valence-electron chi connectivity index (χ4n) is 5.98. The van der Waals surface area contributed by atoms with Gasteiger partial charge in [-0.25, -0.2) is 0 Å². The monoisotopic (exact) mass is 781 g/mol. The number of aryl methyl sites for hydroxylation is 1. The summed E-state index contributed by atoms with van der Waals surface area (Å²) in [6.07, 6.45) is 10.8. The zero-order valence-corrected chi connectivity index (χ0v) is 32.0. The van der Waals surface area contributed by atoms with Gasteiger partial charge in [0.1, 0.15) is 11.5 Å². The van der Waals surface area contributed by atoms with Crippen LogP contribution in [0, 0.1) is 6.92 Å². The quantitative estimate of drug-likeness (QED) is 0.148. The van der Waals surface area contributed by atoms with Crippen LogP contribution in [0.3, 0.4) is 0 Å². The predicted molar refractivity (Wildman–Crippen MR) is 221 cm³/mol. The molecule has 0 bridgehead atoms. The van der Waals surface area contributed by atoms with E-state index in [2.05, 4.69) is 84.1 Å². The van der Waals surface area contributed by atoms with Gasteiger partial charge in [-0.2, -0.15) is 0 Å². The number of methoxy groups -OCH3 is 2. The number of anilines is 1. The van der Waals surface area contributed by atoms with E-state index in [1.165, 1.54) is 45.1 Å². The normalized spacial score (nSPS) is 11.7. The molecule has 11 heteroatoms. The van der Waals surface area contributed by atoms with E-state index < -0.39 is 7.12 Å². The molecule has 2 aliphatic heterocycles. The molecule has 54 heavy (non-hydrogen) atoms. The molecule has 2 N–H and O–H groups in total. The Morgan fingerprint density at radius 2 is 1.22 bits per heavy atom. The zero-order valence-electron chi connectivity index (χ0n) is 30.4. The molecule has 8 rings (SSSR count). The lowest BCUT2D eigenvalue weighted by Crippen LogP contribution is -2.32. The highest BCUT2D eigenvalue weighted by Gasteiger charge is 2.16. The minimum absolute atomic E-state index is 0.354. The zero-order chi connectivity index (χ0) is 37.9. The molecule has 0 aliphatic carbocycles. The minimum atomic E-state index is -1.56. The van der Waals surface area contributed by atoms with Crippen molar-refractivity contribution in [2.24, 2.45) is 9.98 Å². The Kier molecular flexibility index (Phi) is 13.0. The van der Waals surface area contributed by atoms with E-state index >= 15 is 0 Å². The van der Waals surface area contributed by atoms with Crippen molar-refractivity contribution in [1.29, 1.82) is 0 Å². The van der Waals surface area contributed by atoms with E-state index in [4.69, 9.17) is 9.47 Å². The van der Waals surface area contributed by atoms with Crippen LogP contribution in [0.15, 0.2) is 136 Å². The number of ether oxygens (including phenoxy) is 2. The van der Waals surface area contributed by atoms with Crippen molar-refractivity contribution in [2.45, 2.75) is 33.1 Å². The molecule has 4 heterocycles. The smallest absolute Gasteiger partial charge is 0.490 e. The van der Waals surface area contributed by atoms with E-state index in [1.54, 1.807) is 26.5 Å². The van der Waals surface area contributed by atoms with Crippen LogP contribution in [0.2, 0.25) is 0 Å². The Bertz CT molecular complexity index is 2180. The summed E-state index contributed by atoms with van der Waals surface area (Å²) < 4.78 is 11.6. The second-order valence-electron chi connectivity index (χ2n) is 12.8. The SMILES string of the molecule is Brc1ccc2c(c1)CN=C2.COc1ccc(CN(Cc2ccc(OC)cc2)c2cncc(B(O)O)c2)cc1.Cc1cncc(-c2ccc3c(c2)CN=C3)c1. The maximum Gasteiger partial charge on any atom is 0.490 e. The average Bonchev–Trinajstić information content (AvgIpc) is 3.88. The summed E-state index contributed by atoms with van der Waals surface area (Å²) >= 11 is 3.41. The molecule has 2 aliphatic rings. The molecule has 0 saturated carbocycles. The average molecular weight is 783 g/mol. The lowest BCUT2D eigenvalue weighted by Gasteiger charge is -2.25. The number of nitrogens with zero attached hydrogens (tertiary/aromatic N) is 5. The fraction of sp³-hybridized carbons (Fsp3) is 0.163. The van der Waals surface area contributed by atoms with E-state index in [0.29, 0.717) is 18.6 Å². The molecule has 0 amide bonds. The predicted octanol–water partition coefficient (Wildman–Crippen LogP) is 7.36. The molecule has 4 aromatic carbocycles. The van der Waals surface area contributed by atoms with Crippen molar-refractivity contribution in [3.63, 3.8) is 0 Å². The topological polar surface area (TPSA) is 113 Å². The fourth-order valence-corrected chi connectivity index (χ4v) is 6.39. The number of benzene rings is 4. The first-order valence-electron chi connectivity index (χ1n) is 17.4. The number of hydrogen-bond donors (Lipinski definition) is 2. The van der Waals surface area contributed by atoms with Crippen molar-refractivity contribution in [3.05, 3.63) is 165 Å². The van der Waals surface area contributed by atoms with Crippen molar-refractivity contribution in [2.75, 3.05) is 19.1 Å². The largest absolute Gasteiger partial charge is 0.497 e. The Morgan fingerprint density at radius 3 is 1.80 bits per heavy atom. The van der Waals surface area contributed by atoms with Gasteiger partial charge in [0.05, 0.1) is 39.2 Å². The Balaban J connectivity index is 0.000000158. The van der Waals surface area contributed by atoms with Crippen LogP contribution in [-0.2, 0) is 26.2 Å². The number of hydrogen-bond acceptors (Lipinski definition) is 9. The van der Waals surface area contributed by atoms with Crippen molar-refractivity contribution in [1.82, 2.24) is 9.97 Å². The van der Waals surface area contributed by atoms with Crippen molar-refractivity contribution in [3.8, 4) is 22.6 Å². The molecule has 6 aromatic rings. The summed E-state index contributed by atoms with van der Waals surface area (Å²) in [4.78, 5) is 18.9. The van der Waals surface area contributed by atoms with Crippen LogP contribution in [0.25, 0.3) is 11.1 Å². The molecular weight excluding hydrogens is 741 g/mol. The molecule has 0 unspecified atom stereocenters. The van der Waals surface area contributed by atoms with Gasteiger partial charge in [0, 0.05) is 59.6 Å². The van der Waals surface area contributed by atoms with Gasteiger partial charge in [0.2, 0.25) is 0 Å². The van der Waals surface area contributed by atoms with Gasteiger partial charge in [-0.3, -0.25) is 20.0 Å². The van der Waals surface area contributed by atoms with Crippen molar-refractivity contribution >= 4 is 46.6 Å². The van der Waals surface area contributed by atoms with Gasteiger partial charge in [-0.05, 0) is 106 Å². The lowest BCUT2D eigenvalue weighted by atomic mass is 9.81. The molecule has 272 valence electrons. The first-order valence-corrected chi connectivity index (χ1v) is 18.2. The van der Waals surface area contributed by atoms with Gasteiger partial charge >= 0.3 is 7.12 Å². The molecule has 0 spiro atoms. The third kappa shape index (κ3) is 10.3. The third-order valence-corrected chi connectivity index (χ3v) is 9.41. The highest BCUT2D eigenvalue weighted by Crippen LogP contribution is 2.25. The van der Waals surface area contributed by atoms with Crippen LogP contribution in [-0.4, -0.2) is 53.8 Å². The molecule has 2 aromatic heterocycles. The first-order chi connectivity index (χ1) is 26.3. The van der Waals surface area contributed by atoms with Gasteiger partial charge in [0.15, 0.2) is 0 Å². The first kappa shape index (κ1) is 38.1. The number of aromatic nitrogens is 2. The maximum absolute atomic E-state index is 9.49. The van der Waals surface area contributed by atoms with E-state index in [9.17, 15) is 10.0 Å². The van der Waals surface area contributed by atoms with Gasteiger partial charge < -0.3 is 24.4 Å². The Morgan fingerprint density at radius 1 is 0.648 bits per heavy atom. The Labute approximate surface area is 325 Å². The maximum atomic E-state index is 9.49. The van der Waals surface area contributed by atoms with Crippen LogP contribution >= 0.6 is 15.9 Å². The number of halogens is 1. The molecule has 0 atom stereocenters. The number of fused-ring (bicyclic) bond motifs is 2. The summed E-state index contributed by atoms with van der Waals surface area (Å²) in [5.41, 5.74) is 12.1. The molecule has 0 radical (unpaired) electrons. The van der Waals surface area contributed by atoms with Crippen LogP contribution < -0.4 is 19.8 Å². The molecule has 0 saturated heterocycles. The second kappa shape index (κ2) is 18.4. The molecular formula is C43H41BBrN5O4. The third-order valence-electron chi connectivity index (χ3n) is 8.91. The summed E-state index contributed by atoms with van der Waals surface area (Å²) in [7, 11) is 1.72. The number of pyridine rings is 2. The van der Waals surface area contributed by atoms with Gasteiger partial charge in [-0.15, -0.1) is 0 Å². The summed E-state index contributed by atoms with van der Waals surface area (Å²) in [6, 6.07) is 32.3. The van der Waals surface area contributed by atoms with E-state index in [-0.39, 0.29) is 0 Å². The lowest BCUT2D eigenvalue weighted by molar-refractivity contribution is 0.414. The minimum Gasteiger partial charge on any atom is -0.497 e. The highest BCUT2D eigenvalue weighted by molar-refractivity contribution is 9.10. The standard InChI is InChI=1S/C21H23BN2O4.C14H12N2.C8H6BrN/c1-27-20-7-3-16(4-8-20)14-24(15-17-5-9-21(28-2)10-6-17)19-11-18(22(25)26)12-23-13-19;1-10-4-13(8-15-6-10)11-2-3-12-7-16-9-14(12)5-11;9-8-2-1-6-4-10-5-7(6)3-8/h3-13,25-26H,14-15H2,1-2H3;2-8H,9H2,1H3;1-4H,5H2. The molecule has 9 nitrogen and oxygen atoms in total. The van der Waals surface area contributed by atoms with E-state index in [1.807, 2.05) is 79.4 Å². The Hall–Kier alpha value is -5.62. The van der Waals surface area contributed by atoms with Crippen LogP contribution in [0.1, 0.15) is 38.9 Å². The van der Waals surface area contributed by atoms with Crippen LogP contribution in [0.4, 0.5) is 5.69 Å². The second-order valence-corrected chi connectivity index (χ2v) is 13.8. The molecule has 0 fully saturated rings. The van der Waals surface area contributed by atoms with E-state index in [0.717, 1.165) is 45.9 Å². The number of rotatable bonds is 9.